The maximum absolute atomic E-state index is 11.5. The Balaban J connectivity index is 2.40. The van der Waals surface area contributed by atoms with Crippen molar-refractivity contribution in [3.8, 4) is 5.75 Å². The van der Waals surface area contributed by atoms with Crippen LogP contribution >= 0.6 is 0 Å². The monoisotopic (exact) mass is 251 g/mol. The first-order chi connectivity index (χ1) is 8.69. The van der Waals surface area contributed by atoms with E-state index in [0.29, 0.717) is 26.3 Å². The number of hydrogen-bond donors (Lipinski definition) is 0. The zero-order valence-electron chi connectivity index (χ0n) is 11.3. The molecule has 1 aromatic carbocycles. The van der Waals surface area contributed by atoms with Crippen LogP contribution < -0.4 is 4.74 Å². The van der Waals surface area contributed by atoms with Crippen LogP contribution in [-0.2, 0) is 4.74 Å². The number of ether oxygens (including phenoxy) is 2. The van der Waals surface area contributed by atoms with Crippen molar-refractivity contribution in [1.82, 2.24) is 4.90 Å². The van der Waals surface area contributed by atoms with E-state index in [-0.39, 0.29) is 6.09 Å². The normalized spacial score (nSPS) is 9.94. The van der Waals surface area contributed by atoms with Gasteiger partial charge in [0.15, 0.2) is 0 Å². The number of amides is 1. The lowest BCUT2D eigenvalue weighted by atomic mass is 10.2. The van der Waals surface area contributed by atoms with Gasteiger partial charge in [-0.1, -0.05) is 18.2 Å². The molecule has 0 radical (unpaired) electrons. The van der Waals surface area contributed by atoms with Crippen molar-refractivity contribution < 1.29 is 14.3 Å². The average Bonchev–Trinajstić information content (AvgIpc) is 2.37. The summed E-state index contributed by atoms with van der Waals surface area (Å²) >= 11 is 0. The third kappa shape index (κ3) is 4.28. The van der Waals surface area contributed by atoms with Gasteiger partial charge in [0.1, 0.15) is 12.4 Å². The first kappa shape index (κ1) is 14.4. The molecule has 4 nitrogen and oxygen atoms in total. The molecule has 100 valence electrons. The van der Waals surface area contributed by atoms with E-state index in [0.717, 1.165) is 11.3 Å². The van der Waals surface area contributed by atoms with Crippen molar-refractivity contribution in [1.29, 1.82) is 0 Å². The van der Waals surface area contributed by atoms with E-state index in [1.54, 1.807) is 11.8 Å². The number of benzene rings is 1. The fourth-order valence-electron chi connectivity index (χ4n) is 1.58. The minimum Gasteiger partial charge on any atom is -0.491 e. The molecule has 1 aromatic rings. The van der Waals surface area contributed by atoms with Gasteiger partial charge < -0.3 is 14.4 Å². The van der Waals surface area contributed by atoms with Gasteiger partial charge in [0.25, 0.3) is 0 Å². The highest BCUT2D eigenvalue weighted by atomic mass is 16.6. The lowest BCUT2D eigenvalue weighted by molar-refractivity contribution is 0.103. The quantitative estimate of drug-likeness (QED) is 0.780. The van der Waals surface area contributed by atoms with Crippen LogP contribution in [0.5, 0.6) is 5.75 Å². The van der Waals surface area contributed by atoms with E-state index in [9.17, 15) is 4.79 Å². The van der Waals surface area contributed by atoms with Gasteiger partial charge in [-0.3, -0.25) is 0 Å². The Bertz CT molecular complexity index is 379. The summed E-state index contributed by atoms with van der Waals surface area (Å²) in [5, 5.41) is 0. The Labute approximate surface area is 108 Å². The van der Waals surface area contributed by atoms with Gasteiger partial charge in [0.2, 0.25) is 0 Å². The number of aryl methyl sites for hydroxylation is 1. The number of hydrogen-bond acceptors (Lipinski definition) is 3. The molecule has 0 aliphatic rings. The fraction of sp³-hybridized carbons (Fsp3) is 0.500. The van der Waals surface area contributed by atoms with Crippen LogP contribution in [0.2, 0.25) is 0 Å². The largest absolute Gasteiger partial charge is 0.491 e. The second-order valence-electron chi connectivity index (χ2n) is 3.89. The summed E-state index contributed by atoms with van der Waals surface area (Å²) in [6.45, 7) is 7.74. The molecule has 1 amide bonds. The average molecular weight is 251 g/mol. The minimum atomic E-state index is -0.284. The van der Waals surface area contributed by atoms with Crippen molar-refractivity contribution in [2.24, 2.45) is 0 Å². The molecule has 0 heterocycles. The molecule has 0 spiro atoms. The van der Waals surface area contributed by atoms with Crippen molar-refractivity contribution in [2.75, 3.05) is 26.3 Å². The van der Waals surface area contributed by atoms with Crippen LogP contribution in [0.3, 0.4) is 0 Å². The summed E-state index contributed by atoms with van der Waals surface area (Å²) in [4.78, 5) is 13.2. The van der Waals surface area contributed by atoms with Crippen LogP contribution in [-0.4, -0.2) is 37.3 Å². The third-order valence-electron chi connectivity index (χ3n) is 2.62. The molecule has 0 unspecified atom stereocenters. The minimum absolute atomic E-state index is 0.284. The molecular formula is C14H21NO3. The second-order valence-corrected chi connectivity index (χ2v) is 3.89. The van der Waals surface area contributed by atoms with Gasteiger partial charge in [-0.05, 0) is 32.4 Å². The van der Waals surface area contributed by atoms with E-state index < -0.39 is 0 Å². The number of para-hydroxylation sites is 1. The Morgan fingerprint density at radius 1 is 1.28 bits per heavy atom. The Hall–Kier alpha value is -1.71. The van der Waals surface area contributed by atoms with Crippen LogP contribution in [0.4, 0.5) is 4.79 Å². The molecule has 0 saturated carbocycles. The maximum atomic E-state index is 11.5. The van der Waals surface area contributed by atoms with Crippen LogP contribution in [0, 0.1) is 6.92 Å². The maximum Gasteiger partial charge on any atom is 0.409 e. The van der Waals surface area contributed by atoms with Crippen molar-refractivity contribution in [2.45, 2.75) is 20.8 Å². The summed E-state index contributed by atoms with van der Waals surface area (Å²) in [7, 11) is 0. The number of likely N-dealkylation sites (N-methyl/N-ethyl adjacent to an activating group) is 1. The zero-order valence-corrected chi connectivity index (χ0v) is 11.3. The molecule has 0 aliphatic carbocycles. The highest BCUT2D eigenvalue weighted by molar-refractivity contribution is 5.67. The van der Waals surface area contributed by atoms with Gasteiger partial charge in [0, 0.05) is 6.54 Å². The van der Waals surface area contributed by atoms with Crippen LogP contribution in [0.1, 0.15) is 19.4 Å². The first-order valence-corrected chi connectivity index (χ1v) is 6.29. The van der Waals surface area contributed by atoms with Gasteiger partial charge >= 0.3 is 6.09 Å². The summed E-state index contributed by atoms with van der Waals surface area (Å²) in [6, 6.07) is 7.83. The molecule has 4 heteroatoms. The topological polar surface area (TPSA) is 38.8 Å². The summed E-state index contributed by atoms with van der Waals surface area (Å²) in [5.41, 5.74) is 1.09. The van der Waals surface area contributed by atoms with Crippen LogP contribution in [0.25, 0.3) is 0 Å². The molecule has 0 aliphatic heterocycles. The molecule has 0 saturated heterocycles. The van der Waals surface area contributed by atoms with E-state index >= 15 is 0 Å². The van der Waals surface area contributed by atoms with Gasteiger partial charge in [-0.2, -0.15) is 0 Å². The van der Waals surface area contributed by atoms with Crippen molar-refractivity contribution >= 4 is 6.09 Å². The third-order valence-corrected chi connectivity index (χ3v) is 2.62. The molecule has 0 bridgehead atoms. The Morgan fingerprint density at radius 2 is 2.00 bits per heavy atom. The van der Waals surface area contributed by atoms with Crippen LogP contribution in [0.15, 0.2) is 24.3 Å². The van der Waals surface area contributed by atoms with E-state index in [1.807, 2.05) is 38.1 Å². The van der Waals surface area contributed by atoms with Crippen molar-refractivity contribution in [3.05, 3.63) is 29.8 Å². The number of rotatable bonds is 6. The predicted octanol–water partition coefficient (Wildman–Crippen LogP) is 2.85. The molecule has 18 heavy (non-hydrogen) atoms. The second kappa shape index (κ2) is 7.58. The van der Waals surface area contributed by atoms with E-state index in [4.69, 9.17) is 9.47 Å². The van der Waals surface area contributed by atoms with Gasteiger partial charge in [-0.25, -0.2) is 4.79 Å². The molecular weight excluding hydrogens is 230 g/mol. The Morgan fingerprint density at radius 3 is 2.61 bits per heavy atom. The van der Waals surface area contributed by atoms with Gasteiger partial charge in [-0.15, -0.1) is 0 Å². The molecule has 0 atom stereocenters. The molecule has 0 aromatic heterocycles. The van der Waals surface area contributed by atoms with Crippen molar-refractivity contribution in [3.63, 3.8) is 0 Å². The molecule has 1 rings (SSSR count). The summed E-state index contributed by atoms with van der Waals surface area (Å²) in [6.07, 6.45) is -0.284. The van der Waals surface area contributed by atoms with Gasteiger partial charge in [0.05, 0.1) is 13.2 Å². The summed E-state index contributed by atoms with van der Waals surface area (Å²) < 4.78 is 10.6. The highest BCUT2D eigenvalue weighted by Crippen LogP contribution is 2.15. The van der Waals surface area contributed by atoms with E-state index in [1.165, 1.54) is 0 Å². The molecule has 0 N–H and O–H groups in total. The number of carbonyl (C=O) groups excluding carboxylic acids is 1. The lowest BCUT2D eigenvalue weighted by Crippen LogP contribution is -2.34. The number of carbonyl (C=O) groups is 1. The predicted molar refractivity (Wildman–Crippen MR) is 70.9 cm³/mol. The first-order valence-electron chi connectivity index (χ1n) is 6.29. The number of nitrogens with zero attached hydrogens (tertiary/aromatic N) is 1. The lowest BCUT2D eigenvalue weighted by Gasteiger charge is -2.20. The SMILES string of the molecule is CCOC(=O)N(CC)CCOc1ccccc1C. The highest BCUT2D eigenvalue weighted by Gasteiger charge is 2.11. The van der Waals surface area contributed by atoms with E-state index in [2.05, 4.69) is 0 Å². The zero-order chi connectivity index (χ0) is 13.4. The fourth-order valence-corrected chi connectivity index (χ4v) is 1.58. The standard InChI is InChI=1S/C14H21NO3/c1-4-15(14(16)17-5-2)10-11-18-13-9-7-6-8-12(13)3/h6-9H,4-5,10-11H2,1-3H3. The Kier molecular flexibility index (Phi) is 6.05. The smallest absolute Gasteiger partial charge is 0.409 e. The molecule has 0 fully saturated rings. The summed E-state index contributed by atoms with van der Waals surface area (Å²) in [5.74, 6) is 0.859.